The standard InChI is InChI=1S/C16H20ClN5O3S/c1-3-14(16(23)21(2)13-8-9-26(24,25)10-13)22-19-15(18-20-22)11-4-6-12(17)7-5-11/h4-7,13-14H,3,8-10H2,1-2H3. The molecule has 10 heteroatoms. The molecule has 2 unspecified atom stereocenters. The Kier molecular flexibility index (Phi) is 5.29. The Hall–Kier alpha value is -2.00. The van der Waals surface area contributed by atoms with Gasteiger partial charge in [0.2, 0.25) is 11.7 Å². The molecule has 8 nitrogen and oxygen atoms in total. The first-order valence-electron chi connectivity index (χ1n) is 8.33. The molecule has 1 saturated heterocycles. The Morgan fingerprint density at radius 2 is 2.08 bits per heavy atom. The maximum Gasteiger partial charge on any atom is 0.249 e. The first-order chi connectivity index (χ1) is 12.3. The Labute approximate surface area is 157 Å². The third kappa shape index (κ3) is 3.88. The summed E-state index contributed by atoms with van der Waals surface area (Å²) in [5.74, 6) is 0.314. The second kappa shape index (κ2) is 7.32. The second-order valence-electron chi connectivity index (χ2n) is 6.37. The molecule has 1 fully saturated rings. The zero-order valence-electron chi connectivity index (χ0n) is 14.5. The van der Waals surface area contributed by atoms with Crippen molar-refractivity contribution in [2.24, 2.45) is 0 Å². The SMILES string of the molecule is CCC(C(=O)N(C)C1CCS(=O)(=O)C1)n1nnc(-c2ccc(Cl)cc2)n1. The van der Waals surface area contributed by atoms with Crippen LogP contribution in [-0.4, -0.2) is 64.0 Å². The predicted molar refractivity (Wildman–Crippen MR) is 97.4 cm³/mol. The third-order valence-electron chi connectivity index (χ3n) is 4.58. The summed E-state index contributed by atoms with van der Waals surface area (Å²) >= 11 is 5.88. The van der Waals surface area contributed by atoms with Crippen LogP contribution in [0.15, 0.2) is 24.3 Å². The van der Waals surface area contributed by atoms with Crippen molar-refractivity contribution in [3.8, 4) is 11.4 Å². The molecule has 1 aliphatic heterocycles. The monoisotopic (exact) mass is 397 g/mol. The minimum Gasteiger partial charge on any atom is -0.340 e. The maximum atomic E-state index is 12.8. The van der Waals surface area contributed by atoms with Gasteiger partial charge in [-0.05, 0) is 42.3 Å². The van der Waals surface area contributed by atoms with E-state index in [1.807, 2.05) is 6.92 Å². The minimum atomic E-state index is -3.06. The van der Waals surface area contributed by atoms with Crippen molar-refractivity contribution in [1.82, 2.24) is 25.1 Å². The van der Waals surface area contributed by atoms with Gasteiger partial charge in [-0.2, -0.15) is 4.80 Å². The van der Waals surface area contributed by atoms with Gasteiger partial charge in [0, 0.05) is 23.7 Å². The Morgan fingerprint density at radius 1 is 1.38 bits per heavy atom. The number of halogens is 1. The molecule has 0 spiro atoms. The quantitative estimate of drug-likeness (QED) is 0.759. The number of sulfone groups is 1. The van der Waals surface area contributed by atoms with Crippen LogP contribution in [0, 0.1) is 0 Å². The summed E-state index contributed by atoms with van der Waals surface area (Å²) in [5.41, 5.74) is 0.748. The zero-order valence-corrected chi connectivity index (χ0v) is 16.1. The van der Waals surface area contributed by atoms with E-state index < -0.39 is 15.9 Å². The molecule has 2 atom stereocenters. The molecule has 0 aliphatic carbocycles. The van der Waals surface area contributed by atoms with Crippen LogP contribution in [0.3, 0.4) is 0 Å². The van der Waals surface area contributed by atoms with Crippen molar-refractivity contribution in [3.05, 3.63) is 29.3 Å². The Morgan fingerprint density at radius 3 is 2.65 bits per heavy atom. The number of tetrazole rings is 1. The van der Waals surface area contributed by atoms with Crippen molar-refractivity contribution >= 4 is 27.3 Å². The molecule has 0 bridgehead atoms. The number of rotatable bonds is 5. The highest BCUT2D eigenvalue weighted by Gasteiger charge is 2.35. The largest absolute Gasteiger partial charge is 0.340 e. The van der Waals surface area contributed by atoms with Crippen LogP contribution in [-0.2, 0) is 14.6 Å². The van der Waals surface area contributed by atoms with E-state index in [9.17, 15) is 13.2 Å². The molecule has 1 aromatic carbocycles. The molecule has 0 N–H and O–H groups in total. The van der Waals surface area contributed by atoms with Gasteiger partial charge in [-0.3, -0.25) is 4.79 Å². The Balaban J connectivity index is 1.78. The lowest BCUT2D eigenvalue weighted by molar-refractivity contribution is -0.135. The van der Waals surface area contributed by atoms with E-state index >= 15 is 0 Å². The first-order valence-corrected chi connectivity index (χ1v) is 10.5. The third-order valence-corrected chi connectivity index (χ3v) is 6.59. The predicted octanol–water partition coefficient (Wildman–Crippen LogP) is 1.59. The van der Waals surface area contributed by atoms with E-state index in [4.69, 9.17) is 11.6 Å². The number of likely N-dealkylation sites (N-methyl/N-ethyl adjacent to an activating group) is 1. The average Bonchev–Trinajstić information content (AvgIpc) is 3.22. The van der Waals surface area contributed by atoms with Crippen LogP contribution in [0.5, 0.6) is 0 Å². The van der Waals surface area contributed by atoms with E-state index in [0.717, 1.165) is 5.56 Å². The highest BCUT2D eigenvalue weighted by Crippen LogP contribution is 2.22. The lowest BCUT2D eigenvalue weighted by atomic mass is 10.1. The number of benzene rings is 1. The fourth-order valence-electron chi connectivity index (χ4n) is 3.00. The van der Waals surface area contributed by atoms with Crippen LogP contribution in [0.4, 0.5) is 0 Å². The summed E-state index contributed by atoms with van der Waals surface area (Å²) in [6.45, 7) is 1.85. The normalized spacial score (nSPS) is 20.0. The van der Waals surface area contributed by atoms with Crippen molar-refractivity contribution in [1.29, 1.82) is 0 Å². The van der Waals surface area contributed by atoms with E-state index in [0.29, 0.717) is 23.7 Å². The molecule has 1 aromatic heterocycles. The van der Waals surface area contributed by atoms with Crippen LogP contribution in [0.2, 0.25) is 5.02 Å². The zero-order chi connectivity index (χ0) is 18.9. The number of hydrogen-bond acceptors (Lipinski definition) is 6. The number of aromatic nitrogens is 4. The van der Waals surface area contributed by atoms with Gasteiger partial charge in [-0.1, -0.05) is 18.5 Å². The summed E-state index contributed by atoms with van der Waals surface area (Å²) < 4.78 is 23.3. The van der Waals surface area contributed by atoms with Crippen molar-refractivity contribution in [3.63, 3.8) is 0 Å². The van der Waals surface area contributed by atoms with Gasteiger partial charge >= 0.3 is 0 Å². The van der Waals surface area contributed by atoms with Gasteiger partial charge < -0.3 is 4.90 Å². The second-order valence-corrected chi connectivity index (χ2v) is 9.04. The van der Waals surface area contributed by atoms with Crippen molar-refractivity contribution < 1.29 is 13.2 Å². The lowest BCUT2D eigenvalue weighted by Gasteiger charge is -2.26. The molecule has 1 amide bonds. The molecule has 26 heavy (non-hydrogen) atoms. The van der Waals surface area contributed by atoms with E-state index in [1.165, 1.54) is 9.70 Å². The minimum absolute atomic E-state index is 0.00643. The fourth-order valence-corrected chi connectivity index (χ4v) is 4.90. The van der Waals surface area contributed by atoms with Gasteiger partial charge in [-0.15, -0.1) is 10.2 Å². The van der Waals surface area contributed by atoms with Gasteiger partial charge in [0.15, 0.2) is 15.9 Å². The van der Waals surface area contributed by atoms with Crippen LogP contribution < -0.4 is 0 Å². The summed E-state index contributed by atoms with van der Waals surface area (Å²) in [6.07, 6.45) is 0.931. The number of carbonyl (C=O) groups is 1. The molecule has 0 saturated carbocycles. The summed E-state index contributed by atoms with van der Waals surface area (Å²) in [4.78, 5) is 15.7. The molecule has 0 radical (unpaired) electrons. The van der Waals surface area contributed by atoms with E-state index in [1.54, 1.807) is 31.3 Å². The average molecular weight is 398 g/mol. The molecule has 2 heterocycles. The summed E-state index contributed by atoms with van der Waals surface area (Å²) in [6, 6.07) is 6.09. The molecular formula is C16H20ClN5O3S. The molecular weight excluding hydrogens is 378 g/mol. The highest BCUT2D eigenvalue weighted by atomic mass is 35.5. The van der Waals surface area contributed by atoms with E-state index in [2.05, 4.69) is 15.4 Å². The van der Waals surface area contributed by atoms with Crippen molar-refractivity contribution in [2.75, 3.05) is 18.6 Å². The van der Waals surface area contributed by atoms with E-state index in [-0.39, 0.29) is 23.5 Å². The number of nitrogens with zero attached hydrogens (tertiary/aromatic N) is 5. The molecule has 140 valence electrons. The molecule has 3 rings (SSSR count). The van der Waals surface area contributed by atoms with Gasteiger partial charge in [0.25, 0.3) is 0 Å². The smallest absolute Gasteiger partial charge is 0.249 e. The number of hydrogen-bond donors (Lipinski definition) is 0. The molecule has 1 aliphatic rings. The first kappa shape index (κ1) is 18.8. The fraction of sp³-hybridized carbons (Fsp3) is 0.500. The van der Waals surface area contributed by atoms with Crippen LogP contribution in [0.25, 0.3) is 11.4 Å². The number of carbonyl (C=O) groups excluding carboxylic acids is 1. The van der Waals surface area contributed by atoms with Crippen molar-refractivity contribution in [2.45, 2.75) is 31.8 Å². The molecule has 2 aromatic rings. The lowest BCUT2D eigenvalue weighted by Crippen LogP contribution is -2.42. The summed E-state index contributed by atoms with van der Waals surface area (Å²) in [7, 11) is -1.43. The highest BCUT2D eigenvalue weighted by molar-refractivity contribution is 7.91. The Bertz CT molecular complexity index is 897. The van der Waals surface area contributed by atoms with Gasteiger partial charge in [0.05, 0.1) is 11.5 Å². The van der Waals surface area contributed by atoms with Crippen LogP contribution in [0.1, 0.15) is 25.8 Å². The van der Waals surface area contributed by atoms with Gasteiger partial charge in [0.1, 0.15) is 0 Å². The number of amides is 1. The topological polar surface area (TPSA) is 98.1 Å². The summed E-state index contributed by atoms with van der Waals surface area (Å²) in [5, 5.41) is 13.0. The maximum absolute atomic E-state index is 12.8. The van der Waals surface area contributed by atoms with Gasteiger partial charge in [-0.25, -0.2) is 8.42 Å². The van der Waals surface area contributed by atoms with Crippen LogP contribution >= 0.6 is 11.6 Å².